The molecule has 0 radical (unpaired) electrons. The molecular formula is C20H29ClIN5OS. The van der Waals surface area contributed by atoms with Crippen molar-refractivity contribution >= 4 is 52.9 Å². The molecule has 1 saturated heterocycles. The molecule has 0 spiro atoms. The molecule has 2 aromatic rings. The summed E-state index contributed by atoms with van der Waals surface area (Å²) < 4.78 is 5.52. The van der Waals surface area contributed by atoms with Crippen molar-refractivity contribution in [2.24, 2.45) is 4.99 Å². The SMILES string of the molecule is CCNC(=NCC(c1cccs1)N1CCOCC1)NCCc1ccc(Cl)nc1.I. The lowest BCUT2D eigenvalue weighted by atomic mass is 10.2. The Hall–Kier alpha value is -0.940. The lowest BCUT2D eigenvalue weighted by Crippen LogP contribution is -2.42. The van der Waals surface area contributed by atoms with E-state index in [1.165, 1.54) is 4.88 Å². The summed E-state index contributed by atoms with van der Waals surface area (Å²) in [5.74, 6) is 0.847. The van der Waals surface area contributed by atoms with Crippen LogP contribution < -0.4 is 10.6 Å². The quantitative estimate of drug-likeness (QED) is 0.228. The summed E-state index contributed by atoms with van der Waals surface area (Å²) >= 11 is 7.64. The molecule has 160 valence electrons. The van der Waals surface area contributed by atoms with E-state index in [9.17, 15) is 0 Å². The van der Waals surface area contributed by atoms with Gasteiger partial charge < -0.3 is 15.4 Å². The van der Waals surface area contributed by atoms with Gasteiger partial charge in [-0.3, -0.25) is 9.89 Å². The largest absolute Gasteiger partial charge is 0.379 e. The molecule has 1 aliphatic heterocycles. The highest BCUT2D eigenvalue weighted by molar-refractivity contribution is 14.0. The predicted octanol–water partition coefficient (Wildman–Crippen LogP) is 3.59. The molecule has 0 aromatic carbocycles. The average molecular weight is 550 g/mol. The molecular weight excluding hydrogens is 521 g/mol. The lowest BCUT2D eigenvalue weighted by molar-refractivity contribution is 0.0186. The smallest absolute Gasteiger partial charge is 0.191 e. The Kier molecular flexibility index (Phi) is 11.2. The van der Waals surface area contributed by atoms with E-state index < -0.39 is 0 Å². The summed E-state index contributed by atoms with van der Waals surface area (Å²) in [5, 5.41) is 9.43. The highest BCUT2D eigenvalue weighted by Crippen LogP contribution is 2.26. The number of aliphatic imine (C=N–C) groups is 1. The first-order valence-corrected chi connectivity index (χ1v) is 11.0. The van der Waals surface area contributed by atoms with E-state index in [4.69, 9.17) is 21.3 Å². The molecule has 1 aliphatic rings. The van der Waals surface area contributed by atoms with Crippen molar-refractivity contribution in [3.63, 3.8) is 0 Å². The van der Waals surface area contributed by atoms with E-state index in [0.29, 0.717) is 11.2 Å². The summed E-state index contributed by atoms with van der Waals surface area (Å²) in [6, 6.07) is 8.44. The number of hydrogen-bond acceptors (Lipinski definition) is 5. The third-order valence-electron chi connectivity index (χ3n) is 4.62. The molecule has 1 fully saturated rings. The van der Waals surface area contributed by atoms with Gasteiger partial charge in [0.1, 0.15) is 5.15 Å². The number of guanidine groups is 1. The molecule has 3 heterocycles. The maximum absolute atomic E-state index is 5.85. The third-order valence-corrected chi connectivity index (χ3v) is 5.82. The molecule has 0 amide bonds. The van der Waals surface area contributed by atoms with Crippen molar-refractivity contribution in [1.29, 1.82) is 0 Å². The second kappa shape index (κ2) is 13.4. The van der Waals surface area contributed by atoms with Crippen LogP contribution in [0.5, 0.6) is 0 Å². The number of aromatic nitrogens is 1. The maximum atomic E-state index is 5.85. The Balaban J connectivity index is 0.00000300. The number of nitrogens with one attached hydrogen (secondary N) is 2. The fraction of sp³-hybridized carbons (Fsp3) is 0.500. The predicted molar refractivity (Wildman–Crippen MR) is 132 cm³/mol. The van der Waals surface area contributed by atoms with Crippen molar-refractivity contribution in [2.45, 2.75) is 19.4 Å². The minimum atomic E-state index is 0. The van der Waals surface area contributed by atoms with Crippen molar-refractivity contribution in [1.82, 2.24) is 20.5 Å². The van der Waals surface area contributed by atoms with E-state index in [1.807, 2.05) is 18.3 Å². The monoisotopic (exact) mass is 549 g/mol. The van der Waals surface area contributed by atoms with Gasteiger partial charge in [0, 0.05) is 37.3 Å². The van der Waals surface area contributed by atoms with Crippen LogP contribution in [0.25, 0.3) is 0 Å². The van der Waals surface area contributed by atoms with Gasteiger partial charge in [0.15, 0.2) is 5.96 Å². The van der Waals surface area contributed by atoms with Crippen LogP contribution in [-0.2, 0) is 11.2 Å². The first kappa shape index (κ1) is 24.3. The van der Waals surface area contributed by atoms with Crippen molar-refractivity contribution in [3.8, 4) is 0 Å². The Morgan fingerprint density at radius 1 is 1.31 bits per heavy atom. The molecule has 29 heavy (non-hydrogen) atoms. The second-order valence-corrected chi connectivity index (χ2v) is 7.93. The molecule has 0 aliphatic carbocycles. The first-order chi connectivity index (χ1) is 13.8. The van der Waals surface area contributed by atoms with Gasteiger partial charge in [-0.2, -0.15) is 0 Å². The van der Waals surface area contributed by atoms with Gasteiger partial charge in [0.25, 0.3) is 0 Å². The van der Waals surface area contributed by atoms with Crippen LogP contribution in [-0.4, -0.2) is 61.8 Å². The van der Waals surface area contributed by atoms with Crippen LogP contribution in [0.4, 0.5) is 0 Å². The van der Waals surface area contributed by atoms with Gasteiger partial charge >= 0.3 is 0 Å². The number of halogens is 2. The Bertz CT molecular complexity index is 723. The van der Waals surface area contributed by atoms with Gasteiger partial charge in [0.05, 0.1) is 25.8 Å². The fourth-order valence-corrected chi connectivity index (χ4v) is 4.12. The summed E-state index contributed by atoms with van der Waals surface area (Å²) in [7, 11) is 0. The molecule has 1 unspecified atom stereocenters. The Morgan fingerprint density at radius 3 is 2.79 bits per heavy atom. The van der Waals surface area contributed by atoms with E-state index in [2.05, 4.69) is 45.0 Å². The molecule has 6 nitrogen and oxygen atoms in total. The zero-order valence-electron chi connectivity index (χ0n) is 16.6. The van der Waals surface area contributed by atoms with E-state index in [-0.39, 0.29) is 24.0 Å². The number of rotatable bonds is 8. The average Bonchev–Trinajstić information content (AvgIpc) is 3.25. The zero-order valence-corrected chi connectivity index (χ0v) is 20.5. The van der Waals surface area contributed by atoms with Crippen LogP contribution in [0.2, 0.25) is 5.15 Å². The first-order valence-electron chi connectivity index (χ1n) is 9.74. The highest BCUT2D eigenvalue weighted by atomic mass is 127. The molecule has 3 rings (SSSR count). The maximum Gasteiger partial charge on any atom is 0.191 e. The van der Waals surface area contributed by atoms with Gasteiger partial charge in [-0.05, 0) is 36.4 Å². The Morgan fingerprint density at radius 2 is 2.14 bits per heavy atom. The molecule has 0 bridgehead atoms. The molecule has 9 heteroatoms. The van der Waals surface area contributed by atoms with Crippen molar-refractivity contribution in [3.05, 3.63) is 51.4 Å². The van der Waals surface area contributed by atoms with E-state index in [0.717, 1.165) is 63.9 Å². The molecule has 2 N–H and O–H groups in total. The number of thiophene rings is 1. The molecule has 2 aromatic heterocycles. The van der Waals surface area contributed by atoms with Gasteiger partial charge in [-0.25, -0.2) is 4.98 Å². The van der Waals surface area contributed by atoms with Gasteiger partial charge in [-0.1, -0.05) is 23.7 Å². The van der Waals surface area contributed by atoms with E-state index in [1.54, 1.807) is 11.3 Å². The standard InChI is InChI=1S/C20H28ClN5OS.HI/c1-2-22-20(23-8-7-16-5-6-19(21)24-14-16)25-15-17(18-4-3-13-28-18)26-9-11-27-12-10-26;/h3-6,13-14,17H,2,7-12,15H2,1H3,(H2,22,23,25);1H. The fourth-order valence-electron chi connectivity index (χ4n) is 3.15. The summed E-state index contributed by atoms with van der Waals surface area (Å²) in [6.07, 6.45) is 2.69. The normalized spacial score (nSPS) is 16.1. The van der Waals surface area contributed by atoms with Crippen LogP contribution in [0.3, 0.4) is 0 Å². The highest BCUT2D eigenvalue weighted by Gasteiger charge is 2.23. The minimum Gasteiger partial charge on any atom is -0.379 e. The number of nitrogens with zero attached hydrogens (tertiary/aromatic N) is 3. The topological polar surface area (TPSA) is 61.8 Å². The summed E-state index contributed by atoms with van der Waals surface area (Å²) in [4.78, 5) is 12.8. The lowest BCUT2D eigenvalue weighted by Gasteiger charge is -2.33. The number of hydrogen-bond donors (Lipinski definition) is 2. The molecule has 1 atom stereocenters. The van der Waals surface area contributed by atoms with E-state index >= 15 is 0 Å². The number of pyridine rings is 1. The van der Waals surface area contributed by atoms with Gasteiger partial charge in [-0.15, -0.1) is 35.3 Å². The van der Waals surface area contributed by atoms with Crippen LogP contribution >= 0.6 is 46.9 Å². The van der Waals surface area contributed by atoms with Crippen molar-refractivity contribution in [2.75, 3.05) is 45.9 Å². The van der Waals surface area contributed by atoms with Gasteiger partial charge in [0.2, 0.25) is 0 Å². The number of morpholine rings is 1. The summed E-state index contributed by atoms with van der Waals surface area (Å²) in [5.41, 5.74) is 1.15. The van der Waals surface area contributed by atoms with Crippen molar-refractivity contribution < 1.29 is 4.74 Å². The zero-order chi connectivity index (χ0) is 19.6. The third kappa shape index (κ3) is 8.01. The van der Waals surface area contributed by atoms with Crippen LogP contribution in [0, 0.1) is 0 Å². The van der Waals surface area contributed by atoms with Crippen LogP contribution in [0.1, 0.15) is 23.4 Å². The number of ether oxygens (including phenoxy) is 1. The second-order valence-electron chi connectivity index (χ2n) is 6.57. The van der Waals surface area contributed by atoms with Crippen LogP contribution in [0.15, 0.2) is 40.8 Å². The molecule has 0 saturated carbocycles. The Labute approximate surface area is 199 Å². The minimum absolute atomic E-state index is 0. The summed E-state index contributed by atoms with van der Waals surface area (Å²) in [6.45, 7) is 7.90.